The molecule has 0 spiro atoms. The Labute approximate surface area is 148 Å². The zero-order valence-electron chi connectivity index (χ0n) is 13.5. The summed E-state index contributed by atoms with van der Waals surface area (Å²) in [6.45, 7) is 2.37. The molecule has 0 radical (unpaired) electrons. The Morgan fingerprint density at radius 3 is 2.68 bits per heavy atom. The van der Waals surface area contributed by atoms with Crippen LogP contribution in [0.3, 0.4) is 0 Å². The lowest BCUT2D eigenvalue weighted by atomic mass is 9.96. The first kappa shape index (κ1) is 17.6. The second-order valence-corrected chi connectivity index (χ2v) is 6.46. The maximum Gasteiger partial charge on any atom is 0.316 e. The predicted molar refractivity (Wildman–Crippen MR) is 88.5 cm³/mol. The topological polar surface area (TPSA) is 71.3 Å². The van der Waals surface area contributed by atoms with Crippen LogP contribution >= 0.6 is 11.6 Å². The van der Waals surface area contributed by atoms with Crippen LogP contribution in [0.5, 0.6) is 0 Å². The minimum Gasteiger partial charge on any atom is -0.403 e. The number of alkyl halides is 2. The lowest BCUT2D eigenvalue weighted by Gasteiger charge is -2.40. The second-order valence-electron chi connectivity index (χ2n) is 6.02. The molecule has 0 bridgehead atoms. The summed E-state index contributed by atoms with van der Waals surface area (Å²) in [5.74, 6) is -0.00687. The van der Waals surface area contributed by atoms with Gasteiger partial charge in [-0.25, -0.2) is 8.78 Å². The van der Waals surface area contributed by atoms with Crippen molar-refractivity contribution >= 4 is 23.5 Å². The normalized spacial score (nSPS) is 16.0. The fraction of sp³-hybridized carbons (Fsp3) is 0.438. The van der Waals surface area contributed by atoms with E-state index in [0.29, 0.717) is 29.6 Å². The Balaban J connectivity index is 1.54. The number of nitrogens with zero attached hydrogens (tertiary/aromatic N) is 3. The van der Waals surface area contributed by atoms with Gasteiger partial charge in [0, 0.05) is 30.1 Å². The van der Waals surface area contributed by atoms with Crippen LogP contribution in [0.15, 0.2) is 28.7 Å². The van der Waals surface area contributed by atoms with Crippen molar-refractivity contribution in [1.82, 2.24) is 15.1 Å². The van der Waals surface area contributed by atoms with Gasteiger partial charge in [0.25, 0.3) is 0 Å². The molecule has 9 heteroatoms. The number of carbonyl (C=O) groups excluding carboxylic acids is 1. The van der Waals surface area contributed by atoms with E-state index in [-0.39, 0.29) is 24.3 Å². The van der Waals surface area contributed by atoms with Crippen molar-refractivity contribution in [2.24, 2.45) is 5.92 Å². The zero-order valence-corrected chi connectivity index (χ0v) is 14.2. The summed E-state index contributed by atoms with van der Waals surface area (Å²) in [5.41, 5.74) is 0.710. The standard InChI is InChI=1S/C16H17ClF2N4O2/c1-9(15(24)23-7-10(8-23)6-13(18)19)20-16-22-21-14(25-16)11-2-4-12(17)5-3-11/h2-5,9-10,13H,6-8H2,1H3,(H,20,22)/t9-/m1/s1. The van der Waals surface area contributed by atoms with Crippen molar-refractivity contribution < 1.29 is 18.0 Å². The number of carbonyl (C=O) groups is 1. The van der Waals surface area contributed by atoms with E-state index in [4.69, 9.17) is 16.0 Å². The quantitative estimate of drug-likeness (QED) is 0.844. The van der Waals surface area contributed by atoms with Crippen molar-refractivity contribution in [3.63, 3.8) is 0 Å². The number of nitrogens with one attached hydrogen (secondary N) is 1. The first-order chi connectivity index (χ1) is 11.9. The molecular formula is C16H17ClF2N4O2. The van der Waals surface area contributed by atoms with Gasteiger partial charge in [-0.3, -0.25) is 4.79 Å². The molecule has 0 aliphatic carbocycles. The molecule has 1 aromatic heterocycles. The van der Waals surface area contributed by atoms with Crippen LogP contribution in [0.2, 0.25) is 5.02 Å². The number of aromatic nitrogens is 2. The van der Waals surface area contributed by atoms with Gasteiger partial charge in [0.15, 0.2) is 0 Å². The van der Waals surface area contributed by atoms with E-state index in [0.717, 1.165) is 0 Å². The van der Waals surface area contributed by atoms with E-state index in [9.17, 15) is 13.6 Å². The lowest BCUT2D eigenvalue weighted by molar-refractivity contribution is -0.139. The monoisotopic (exact) mass is 370 g/mol. The van der Waals surface area contributed by atoms with Crippen molar-refractivity contribution in [2.75, 3.05) is 18.4 Å². The zero-order chi connectivity index (χ0) is 18.0. The van der Waals surface area contributed by atoms with Gasteiger partial charge in [-0.1, -0.05) is 16.7 Å². The molecule has 6 nitrogen and oxygen atoms in total. The van der Waals surface area contributed by atoms with Crippen molar-refractivity contribution in [2.45, 2.75) is 25.8 Å². The molecular weight excluding hydrogens is 354 g/mol. The van der Waals surface area contributed by atoms with Gasteiger partial charge in [0.05, 0.1) is 0 Å². The summed E-state index contributed by atoms with van der Waals surface area (Å²) in [4.78, 5) is 13.8. The molecule has 0 unspecified atom stereocenters. The summed E-state index contributed by atoms with van der Waals surface area (Å²) in [7, 11) is 0. The first-order valence-corrected chi connectivity index (χ1v) is 8.23. The van der Waals surface area contributed by atoms with Crippen molar-refractivity contribution in [1.29, 1.82) is 0 Å². The van der Waals surface area contributed by atoms with Crippen LogP contribution in [0, 0.1) is 5.92 Å². The molecule has 1 aromatic carbocycles. The Bertz CT molecular complexity index is 732. The lowest BCUT2D eigenvalue weighted by Crippen LogP contribution is -2.54. The number of likely N-dealkylation sites (tertiary alicyclic amines) is 1. The summed E-state index contributed by atoms with van der Waals surface area (Å²) in [5, 5.41) is 11.2. The number of hydrogen-bond acceptors (Lipinski definition) is 5. The molecule has 134 valence electrons. The van der Waals surface area contributed by atoms with Crippen LogP contribution in [0.25, 0.3) is 11.5 Å². The van der Waals surface area contributed by atoms with Gasteiger partial charge in [-0.05, 0) is 37.1 Å². The Hall–Kier alpha value is -2.22. The summed E-state index contributed by atoms with van der Waals surface area (Å²) < 4.78 is 30.1. The number of halogens is 3. The highest BCUT2D eigenvalue weighted by Crippen LogP contribution is 2.25. The molecule has 1 N–H and O–H groups in total. The number of amides is 1. The van der Waals surface area contributed by atoms with Gasteiger partial charge in [-0.2, -0.15) is 0 Å². The van der Waals surface area contributed by atoms with E-state index in [1.807, 2.05) is 0 Å². The van der Waals surface area contributed by atoms with Gasteiger partial charge in [0.2, 0.25) is 18.2 Å². The number of hydrogen-bond donors (Lipinski definition) is 1. The Morgan fingerprint density at radius 1 is 1.36 bits per heavy atom. The van der Waals surface area contributed by atoms with Gasteiger partial charge in [0.1, 0.15) is 6.04 Å². The fourth-order valence-electron chi connectivity index (χ4n) is 2.66. The number of anilines is 1. The van der Waals surface area contributed by atoms with Gasteiger partial charge in [-0.15, -0.1) is 5.10 Å². The minimum atomic E-state index is -2.33. The van der Waals surface area contributed by atoms with E-state index in [1.165, 1.54) is 0 Å². The van der Waals surface area contributed by atoms with Crippen LogP contribution in [-0.4, -0.2) is 46.6 Å². The molecule has 3 rings (SSSR count). The molecule has 1 amide bonds. The second kappa shape index (κ2) is 7.35. The van der Waals surface area contributed by atoms with E-state index >= 15 is 0 Å². The summed E-state index contributed by atoms with van der Waals surface area (Å²) >= 11 is 5.83. The fourth-order valence-corrected chi connectivity index (χ4v) is 2.79. The third-order valence-electron chi connectivity index (χ3n) is 4.01. The number of benzene rings is 1. The molecule has 1 atom stereocenters. The third-order valence-corrected chi connectivity index (χ3v) is 4.26. The largest absolute Gasteiger partial charge is 0.403 e. The molecule has 1 aliphatic heterocycles. The summed E-state index contributed by atoms with van der Waals surface area (Å²) in [6.07, 6.45) is -2.50. The van der Waals surface area contributed by atoms with Gasteiger partial charge >= 0.3 is 6.01 Å². The average Bonchev–Trinajstić information content (AvgIpc) is 2.98. The molecule has 2 aromatic rings. The third kappa shape index (κ3) is 4.25. The van der Waals surface area contributed by atoms with Gasteiger partial charge < -0.3 is 14.6 Å². The van der Waals surface area contributed by atoms with E-state index < -0.39 is 12.5 Å². The van der Waals surface area contributed by atoms with Crippen LogP contribution in [0.4, 0.5) is 14.8 Å². The molecule has 2 heterocycles. The molecule has 1 fully saturated rings. The maximum atomic E-state index is 12.3. The molecule has 25 heavy (non-hydrogen) atoms. The molecule has 1 saturated heterocycles. The Morgan fingerprint density at radius 2 is 2.04 bits per heavy atom. The molecule has 1 aliphatic rings. The Kier molecular flexibility index (Phi) is 5.17. The van der Waals surface area contributed by atoms with Crippen molar-refractivity contribution in [3.05, 3.63) is 29.3 Å². The van der Waals surface area contributed by atoms with E-state index in [2.05, 4.69) is 15.5 Å². The smallest absolute Gasteiger partial charge is 0.316 e. The maximum absolute atomic E-state index is 12.3. The minimum absolute atomic E-state index is 0.121. The SMILES string of the molecule is C[C@@H](Nc1nnc(-c2ccc(Cl)cc2)o1)C(=O)N1CC(CC(F)F)C1. The van der Waals surface area contributed by atoms with E-state index in [1.54, 1.807) is 36.1 Å². The predicted octanol–water partition coefficient (Wildman–Crippen LogP) is 3.30. The molecule has 0 saturated carbocycles. The highest BCUT2D eigenvalue weighted by molar-refractivity contribution is 6.30. The number of rotatable bonds is 6. The van der Waals surface area contributed by atoms with Crippen LogP contribution in [0.1, 0.15) is 13.3 Å². The first-order valence-electron chi connectivity index (χ1n) is 7.85. The van der Waals surface area contributed by atoms with Crippen LogP contribution in [-0.2, 0) is 4.79 Å². The van der Waals surface area contributed by atoms with Crippen molar-refractivity contribution in [3.8, 4) is 11.5 Å². The highest BCUT2D eigenvalue weighted by Gasteiger charge is 2.34. The summed E-state index contributed by atoms with van der Waals surface area (Å²) in [6, 6.07) is 6.44. The average molecular weight is 371 g/mol. The van der Waals surface area contributed by atoms with Crippen LogP contribution < -0.4 is 5.32 Å². The highest BCUT2D eigenvalue weighted by atomic mass is 35.5.